The van der Waals surface area contributed by atoms with Crippen molar-refractivity contribution in [1.29, 1.82) is 0 Å². The largest absolute Gasteiger partial charge is 0.390 e. The van der Waals surface area contributed by atoms with E-state index in [2.05, 4.69) is 0 Å². The van der Waals surface area contributed by atoms with Gasteiger partial charge in [-0.3, -0.25) is 4.79 Å². The van der Waals surface area contributed by atoms with Gasteiger partial charge in [-0.15, -0.1) is 0 Å². The Morgan fingerprint density at radius 2 is 1.54 bits per heavy atom. The van der Waals surface area contributed by atoms with Crippen LogP contribution in [-0.4, -0.2) is 82.2 Å². The molecule has 0 heterocycles. The molecule has 11 atom stereocenters. The van der Waals surface area contributed by atoms with Crippen LogP contribution in [0.3, 0.4) is 0 Å². The Balaban J connectivity index is 1.65. The molecule has 0 aromatic carbocycles. The lowest BCUT2D eigenvalue weighted by atomic mass is 9.41. The minimum atomic E-state index is -1.74. The zero-order valence-corrected chi connectivity index (χ0v) is 21.9. The Kier molecular flexibility index (Phi) is 6.42. The van der Waals surface area contributed by atoms with E-state index in [4.69, 9.17) is 0 Å². The van der Waals surface area contributed by atoms with Crippen molar-refractivity contribution in [2.75, 3.05) is 0 Å². The Morgan fingerprint density at radius 1 is 0.943 bits per heavy atom. The molecule has 8 nitrogen and oxygen atoms in total. The highest BCUT2D eigenvalue weighted by Crippen LogP contribution is 2.70. The minimum absolute atomic E-state index is 0.0121. The van der Waals surface area contributed by atoms with Crippen molar-refractivity contribution in [2.24, 2.45) is 28.6 Å². The highest BCUT2D eigenvalue weighted by Gasteiger charge is 2.74. The van der Waals surface area contributed by atoms with Crippen LogP contribution in [-0.2, 0) is 4.79 Å². The van der Waals surface area contributed by atoms with Crippen molar-refractivity contribution in [3.05, 3.63) is 0 Å². The normalized spacial score (nSPS) is 50.6. The molecule has 4 saturated carbocycles. The maximum absolute atomic E-state index is 13.4. The number of fused-ring (bicyclic) bond motifs is 5. The molecule has 0 bridgehead atoms. The Morgan fingerprint density at radius 3 is 2.14 bits per heavy atom. The van der Waals surface area contributed by atoms with E-state index < -0.39 is 69.2 Å². The van der Waals surface area contributed by atoms with Crippen molar-refractivity contribution in [2.45, 2.75) is 133 Å². The predicted molar refractivity (Wildman–Crippen MR) is 128 cm³/mol. The lowest BCUT2D eigenvalue weighted by molar-refractivity contribution is -0.262. The van der Waals surface area contributed by atoms with E-state index in [1.807, 2.05) is 13.8 Å². The molecule has 1 unspecified atom stereocenters. The summed E-state index contributed by atoms with van der Waals surface area (Å²) in [7, 11) is 0. The lowest BCUT2D eigenvalue weighted by Gasteiger charge is -2.66. The molecule has 4 aliphatic carbocycles. The molecular weight excluding hydrogens is 452 g/mol. The topological polar surface area (TPSA) is 159 Å². The van der Waals surface area contributed by atoms with Gasteiger partial charge in [-0.2, -0.15) is 0 Å². The second kappa shape index (κ2) is 8.19. The first kappa shape index (κ1) is 27.4. The second-order valence-electron chi connectivity index (χ2n) is 13.7. The molecule has 8 heteroatoms. The number of hydrogen-bond donors (Lipinski definition) is 7. The predicted octanol–water partition coefficient (Wildman–Crippen LogP) is 1.05. The van der Waals surface area contributed by atoms with Gasteiger partial charge in [0.1, 0.15) is 5.60 Å². The molecule has 4 fully saturated rings. The van der Waals surface area contributed by atoms with Crippen LogP contribution in [0, 0.1) is 28.6 Å². The van der Waals surface area contributed by atoms with Gasteiger partial charge >= 0.3 is 0 Å². The monoisotopic (exact) mass is 498 g/mol. The molecule has 0 radical (unpaired) electrons. The van der Waals surface area contributed by atoms with Crippen LogP contribution in [0.1, 0.15) is 92.4 Å². The molecular formula is C27H46O8. The van der Waals surface area contributed by atoms with Crippen molar-refractivity contribution in [3.63, 3.8) is 0 Å². The fourth-order valence-corrected chi connectivity index (χ4v) is 8.95. The van der Waals surface area contributed by atoms with Gasteiger partial charge < -0.3 is 35.7 Å². The molecule has 7 N–H and O–H groups in total. The zero-order chi connectivity index (χ0) is 26.4. The van der Waals surface area contributed by atoms with E-state index in [0.717, 1.165) is 0 Å². The summed E-state index contributed by atoms with van der Waals surface area (Å²) in [6.45, 7) is 8.69. The minimum Gasteiger partial charge on any atom is -0.390 e. The zero-order valence-electron chi connectivity index (χ0n) is 21.9. The molecule has 4 aliphatic rings. The number of aliphatic hydroxyl groups is 7. The third-order valence-corrected chi connectivity index (χ3v) is 11.3. The van der Waals surface area contributed by atoms with Gasteiger partial charge in [-0.05, 0) is 83.5 Å². The van der Waals surface area contributed by atoms with Crippen molar-refractivity contribution in [3.8, 4) is 0 Å². The summed E-state index contributed by atoms with van der Waals surface area (Å²) < 4.78 is 0. The average molecular weight is 499 g/mol. The number of rotatable bonds is 5. The quantitative estimate of drug-likeness (QED) is 0.296. The number of hydrogen-bond acceptors (Lipinski definition) is 8. The first-order valence-electron chi connectivity index (χ1n) is 13.3. The third kappa shape index (κ3) is 3.77. The van der Waals surface area contributed by atoms with Gasteiger partial charge in [0.25, 0.3) is 0 Å². The van der Waals surface area contributed by atoms with Crippen LogP contribution in [0.4, 0.5) is 0 Å². The number of aliphatic hydroxyl groups excluding tert-OH is 3. The van der Waals surface area contributed by atoms with Gasteiger partial charge in [0.05, 0.1) is 35.1 Å². The molecule has 0 aliphatic heterocycles. The molecule has 0 spiro atoms. The van der Waals surface area contributed by atoms with E-state index in [1.165, 1.54) is 0 Å². The van der Waals surface area contributed by atoms with E-state index >= 15 is 0 Å². The molecule has 0 aromatic rings. The molecule has 0 saturated heterocycles. The van der Waals surface area contributed by atoms with E-state index in [-0.39, 0.29) is 31.6 Å². The van der Waals surface area contributed by atoms with E-state index in [1.54, 1.807) is 20.8 Å². The smallest absolute Gasteiger partial charge is 0.165 e. The summed E-state index contributed by atoms with van der Waals surface area (Å²) in [5.41, 5.74) is -7.22. The van der Waals surface area contributed by atoms with Gasteiger partial charge in [-0.1, -0.05) is 13.8 Å². The first-order chi connectivity index (χ1) is 15.8. The molecule has 35 heavy (non-hydrogen) atoms. The fourth-order valence-electron chi connectivity index (χ4n) is 8.95. The summed E-state index contributed by atoms with van der Waals surface area (Å²) in [5.74, 6) is -1.49. The molecule has 0 aromatic heterocycles. The Hall–Kier alpha value is -0.610. The number of carbonyl (C=O) groups excluding carboxylic acids is 1. The Labute approximate surface area is 208 Å². The van der Waals surface area contributed by atoms with Crippen molar-refractivity contribution < 1.29 is 40.5 Å². The first-order valence-corrected chi connectivity index (χ1v) is 13.3. The molecule has 202 valence electrons. The SMILES string of the molecule is CC(C)(O)CC[C@@H](O)[C@](C)(O)[C@H]1CC[C@]2(O)C3CC(=O)[C@]4(O)C[C@@H](O)[C@@H](O)C[C@]4(C)[C@@H]3CC[C@]12C. The van der Waals surface area contributed by atoms with Gasteiger partial charge in [-0.25, -0.2) is 0 Å². The van der Waals surface area contributed by atoms with Crippen LogP contribution in [0.25, 0.3) is 0 Å². The maximum Gasteiger partial charge on any atom is 0.165 e. The summed E-state index contributed by atoms with van der Waals surface area (Å²) in [6.07, 6.45) is -0.875. The van der Waals surface area contributed by atoms with Crippen molar-refractivity contribution in [1.82, 2.24) is 0 Å². The summed E-state index contributed by atoms with van der Waals surface area (Å²) >= 11 is 0. The van der Waals surface area contributed by atoms with Crippen molar-refractivity contribution >= 4 is 5.78 Å². The summed E-state index contributed by atoms with van der Waals surface area (Å²) in [6, 6.07) is 0. The summed E-state index contributed by atoms with van der Waals surface area (Å²) in [4.78, 5) is 13.4. The lowest BCUT2D eigenvalue weighted by Crippen LogP contribution is -2.72. The number of ketones is 1. The van der Waals surface area contributed by atoms with Crippen LogP contribution in [0.2, 0.25) is 0 Å². The van der Waals surface area contributed by atoms with E-state index in [9.17, 15) is 40.5 Å². The van der Waals surface area contributed by atoms with Gasteiger partial charge in [0.2, 0.25) is 0 Å². The average Bonchev–Trinajstić information content (AvgIpc) is 3.01. The van der Waals surface area contributed by atoms with E-state index in [0.29, 0.717) is 32.1 Å². The standard InChI is InChI=1S/C27H46O8/c1-22(2,32)9-8-20(30)25(5,33)19-7-11-26(34)16-12-21(31)27(35)14-18(29)17(28)13-24(27,4)15(16)6-10-23(19,26)3/h15-20,28-30,32-35H,6-14H2,1-5H3/t15-,16?,17+,18-,19+,20-,23-,24-,25-,26+,27-/m1/s1. The van der Waals surface area contributed by atoms with Crippen LogP contribution < -0.4 is 0 Å². The Bertz CT molecular complexity index is 853. The van der Waals surface area contributed by atoms with Crippen LogP contribution >= 0.6 is 0 Å². The third-order valence-electron chi connectivity index (χ3n) is 11.3. The molecule has 0 amide bonds. The highest BCUT2D eigenvalue weighted by molar-refractivity contribution is 5.90. The fraction of sp³-hybridized carbons (Fsp3) is 0.963. The van der Waals surface area contributed by atoms with Crippen LogP contribution in [0.5, 0.6) is 0 Å². The van der Waals surface area contributed by atoms with Gasteiger partial charge in [0.15, 0.2) is 5.78 Å². The van der Waals surface area contributed by atoms with Gasteiger partial charge in [0, 0.05) is 23.7 Å². The summed E-state index contributed by atoms with van der Waals surface area (Å²) in [5, 5.41) is 77.2. The second-order valence-corrected chi connectivity index (χ2v) is 13.7. The molecule has 4 rings (SSSR count). The maximum atomic E-state index is 13.4. The van der Waals surface area contributed by atoms with Crippen LogP contribution in [0.15, 0.2) is 0 Å². The number of Topliss-reactive ketones (excluding diaryl/α,β-unsaturated/α-hetero) is 1. The number of carbonyl (C=O) groups is 1. The highest BCUT2D eigenvalue weighted by atomic mass is 16.3.